The maximum atomic E-state index is 12.9. The van der Waals surface area contributed by atoms with Crippen molar-refractivity contribution in [3.05, 3.63) is 24.3 Å². The molecule has 0 unspecified atom stereocenters. The largest absolute Gasteiger partial charge is 0.487 e. The molecule has 1 aliphatic rings. The van der Waals surface area contributed by atoms with Crippen LogP contribution in [-0.2, 0) is 4.74 Å². The van der Waals surface area contributed by atoms with Gasteiger partial charge in [0.05, 0.1) is 13.2 Å². The Labute approximate surface area is 198 Å². The van der Waals surface area contributed by atoms with Gasteiger partial charge in [-0.25, -0.2) is 0 Å². The number of benzene rings is 1. The molecule has 1 saturated heterocycles. The molecular weight excluding hydrogens is 454 g/mol. The number of rotatable bonds is 12. The van der Waals surface area contributed by atoms with E-state index in [1.165, 1.54) is 12.1 Å². The highest BCUT2D eigenvalue weighted by Gasteiger charge is 2.27. The first-order valence-electron chi connectivity index (χ1n) is 11.3. The van der Waals surface area contributed by atoms with Crippen molar-refractivity contribution in [2.75, 3.05) is 54.5 Å². The van der Waals surface area contributed by atoms with Gasteiger partial charge in [-0.05, 0) is 37.1 Å². The van der Waals surface area contributed by atoms with Crippen molar-refractivity contribution in [3.63, 3.8) is 0 Å². The number of hydrogen-bond acceptors (Lipinski definition) is 8. The van der Waals surface area contributed by atoms with Crippen molar-refractivity contribution in [3.8, 4) is 5.75 Å². The predicted molar refractivity (Wildman–Crippen MR) is 126 cm³/mol. The van der Waals surface area contributed by atoms with E-state index in [-0.39, 0.29) is 5.75 Å². The SMILES string of the molecule is CCCCN(CCCC)c1nc(Nc2ccc(OC(F)(F)Cl)cc2)nc(N2CCOCC2)n1. The van der Waals surface area contributed by atoms with Gasteiger partial charge >= 0.3 is 5.57 Å². The van der Waals surface area contributed by atoms with E-state index in [1.54, 1.807) is 12.1 Å². The van der Waals surface area contributed by atoms with E-state index in [1.807, 2.05) is 0 Å². The van der Waals surface area contributed by atoms with Gasteiger partial charge in [0.15, 0.2) is 0 Å². The molecule has 0 atom stereocenters. The van der Waals surface area contributed by atoms with Gasteiger partial charge in [0.25, 0.3) is 0 Å². The van der Waals surface area contributed by atoms with E-state index in [9.17, 15) is 8.78 Å². The smallest absolute Gasteiger partial charge is 0.420 e. The summed E-state index contributed by atoms with van der Waals surface area (Å²) in [7, 11) is 0. The molecule has 0 spiro atoms. The van der Waals surface area contributed by atoms with Gasteiger partial charge in [-0.15, -0.1) is 8.78 Å². The molecule has 2 aromatic rings. The molecule has 0 aliphatic carbocycles. The monoisotopic (exact) mass is 484 g/mol. The first kappa shape index (κ1) is 25.2. The minimum absolute atomic E-state index is 0.0452. The van der Waals surface area contributed by atoms with Crippen LogP contribution in [-0.4, -0.2) is 59.9 Å². The fourth-order valence-corrected chi connectivity index (χ4v) is 3.42. The number of morpholine rings is 1. The zero-order valence-electron chi connectivity index (χ0n) is 19.1. The van der Waals surface area contributed by atoms with Crippen LogP contribution in [0.5, 0.6) is 5.75 Å². The predicted octanol–water partition coefficient (Wildman–Crippen LogP) is 5.03. The second-order valence-electron chi connectivity index (χ2n) is 7.75. The van der Waals surface area contributed by atoms with Gasteiger partial charge in [0, 0.05) is 43.5 Å². The van der Waals surface area contributed by atoms with Crippen molar-refractivity contribution >= 4 is 35.1 Å². The van der Waals surface area contributed by atoms with E-state index in [4.69, 9.17) is 21.3 Å². The number of aromatic nitrogens is 3. The maximum absolute atomic E-state index is 12.9. The topological polar surface area (TPSA) is 75.6 Å². The van der Waals surface area contributed by atoms with Crippen molar-refractivity contribution in [1.82, 2.24) is 15.0 Å². The van der Waals surface area contributed by atoms with E-state index in [0.29, 0.717) is 49.8 Å². The molecule has 182 valence electrons. The molecule has 0 amide bonds. The van der Waals surface area contributed by atoms with Crippen LogP contribution in [0.3, 0.4) is 0 Å². The molecule has 0 bridgehead atoms. The summed E-state index contributed by atoms with van der Waals surface area (Å²) < 4.78 is 35.5. The van der Waals surface area contributed by atoms with Crippen LogP contribution in [0, 0.1) is 0 Å². The molecule has 1 fully saturated rings. The summed E-state index contributed by atoms with van der Waals surface area (Å²) in [5.41, 5.74) is -3.13. The molecule has 1 aromatic carbocycles. The van der Waals surface area contributed by atoms with Gasteiger partial charge in [-0.1, -0.05) is 26.7 Å². The minimum atomic E-state index is -3.76. The Morgan fingerprint density at radius 1 is 1.06 bits per heavy atom. The molecule has 1 aliphatic heterocycles. The van der Waals surface area contributed by atoms with E-state index < -0.39 is 5.57 Å². The standard InChI is InChI=1S/C22H31ClF2N6O2/c1-3-5-11-30(12-6-4-2)20-27-19(28-21(29-20)31-13-15-32-16-14-31)26-17-7-9-18(10-8-17)33-22(23,24)25/h7-10H,3-6,11-16H2,1-2H3,(H,26,27,28,29). The second kappa shape index (κ2) is 12.1. The summed E-state index contributed by atoms with van der Waals surface area (Å²) in [6.45, 7) is 8.67. The molecule has 0 radical (unpaired) electrons. The number of nitrogens with zero attached hydrogens (tertiary/aromatic N) is 5. The summed E-state index contributed by atoms with van der Waals surface area (Å²) in [6, 6.07) is 6.00. The normalized spacial score (nSPS) is 14.3. The molecule has 0 saturated carbocycles. The van der Waals surface area contributed by atoms with E-state index >= 15 is 0 Å². The Balaban J connectivity index is 1.86. The molecular formula is C22H31ClF2N6O2. The fraction of sp³-hybridized carbons (Fsp3) is 0.591. The zero-order valence-corrected chi connectivity index (χ0v) is 19.8. The quantitative estimate of drug-likeness (QED) is 0.420. The zero-order chi connectivity index (χ0) is 23.7. The van der Waals surface area contributed by atoms with E-state index in [0.717, 1.165) is 38.8 Å². The lowest BCUT2D eigenvalue weighted by molar-refractivity contribution is -0.0964. The Morgan fingerprint density at radius 2 is 1.70 bits per heavy atom. The lowest BCUT2D eigenvalue weighted by Gasteiger charge is -2.29. The molecule has 3 rings (SSSR count). The Morgan fingerprint density at radius 3 is 2.27 bits per heavy atom. The number of anilines is 4. The van der Waals surface area contributed by atoms with Crippen LogP contribution in [0.25, 0.3) is 0 Å². The highest BCUT2D eigenvalue weighted by molar-refractivity contribution is 6.20. The maximum Gasteiger partial charge on any atom is 0.487 e. The van der Waals surface area contributed by atoms with Crippen molar-refractivity contribution < 1.29 is 18.3 Å². The van der Waals surface area contributed by atoms with Crippen LogP contribution in [0.15, 0.2) is 24.3 Å². The molecule has 8 nitrogen and oxygen atoms in total. The van der Waals surface area contributed by atoms with Gasteiger partial charge < -0.3 is 24.6 Å². The first-order chi connectivity index (χ1) is 15.9. The van der Waals surface area contributed by atoms with Gasteiger partial charge in [-0.2, -0.15) is 15.0 Å². The van der Waals surface area contributed by atoms with E-state index in [2.05, 4.69) is 43.7 Å². The molecule has 1 aromatic heterocycles. The molecule has 33 heavy (non-hydrogen) atoms. The van der Waals surface area contributed by atoms with Gasteiger partial charge in [0.1, 0.15) is 5.75 Å². The number of alkyl halides is 3. The van der Waals surface area contributed by atoms with Gasteiger partial charge in [0.2, 0.25) is 17.8 Å². The van der Waals surface area contributed by atoms with Crippen LogP contribution in [0.1, 0.15) is 39.5 Å². The average Bonchev–Trinajstić information content (AvgIpc) is 2.80. The summed E-state index contributed by atoms with van der Waals surface area (Å²) in [4.78, 5) is 18.3. The second-order valence-corrected chi connectivity index (χ2v) is 8.19. The van der Waals surface area contributed by atoms with Crippen molar-refractivity contribution in [1.29, 1.82) is 0 Å². The van der Waals surface area contributed by atoms with Crippen LogP contribution in [0.4, 0.5) is 32.3 Å². The molecule has 2 heterocycles. The van der Waals surface area contributed by atoms with Crippen LogP contribution < -0.4 is 19.9 Å². The Hall–Kier alpha value is -2.46. The van der Waals surface area contributed by atoms with Crippen molar-refractivity contribution in [2.24, 2.45) is 0 Å². The average molecular weight is 485 g/mol. The fourth-order valence-electron chi connectivity index (χ4n) is 3.33. The van der Waals surface area contributed by atoms with Crippen molar-refractivity contribution in [2.45, 2.75) is 45.1 Å². The minimum Gasteiger partial charge on any atom is -0.420 e. The Kier molecular flexibility index (Phi) is 9.25. The Bertz CT molecular complexity index is 855. The van der Waals surface area contributed by atoms with Crippen LogP contribution >= 0.6 is 11.6 Å². The first-order valence-corrected chi connectivity index (χ1v) is 11.7. The summed E-state index contributed by atoms with van der Waals surface area (Å²) in [5, 5.41) is 3.16. The third kappa shape index (κ3) is 8.12. The molecule has 1 N–H and O–H groups in total. The lowest BCUT2D eigenvalue weighted by atomic mass is 10.3. The van der Waals surface area contributed by atoms with Gasteiger partial charge in [-0.3, -0.25) is 0 Å². The molecule has 11 heteroatoms. The summed E-state index contributed by atoms with van der Waals surface area (Å²) in [6.07, 6.45) is 4.23. The third-order valence-corrected chi connectivity index (χ3v) is 5.17. The number of hydrogen-bond donors (Lipinski definition) is 1. The third-order valence-electron chi connectivity index (χ3n) is 5.10. The number of halogens is 3. The lowest BCUT2D eigenvalue weighted by Crippen LogP contribution is -2.38. The summed E-state index contributed by atoms with van der Waals surface area (Å²) >= 11 is 4.83. The highest BCUT2D eigenvalue weighted by atomic mass is 35.5. The summed E-state index contributed by atoms with van der Waals surface area (Å²) in [5.74, 6) is 1.55. The number of ether oxygens (including phenoxy) is 2. The number of nitrogens with one attached hydrogen (secondary N) is 1. The van der Waals surface area contributed by atoms with Crippen LogP contribution in [0.2, 0.25) is 0 Å². The highest BCUT2D eigenvalue weighted by Crippen LogP contribution is 2.27. The number of unbranched alkanes of at least 4 members (excludes halogenated alkanes) is 2.